The number of carboxylic acids is 1. The van der Waals surface area contributed by atoms with Crippen molar-refractivity contribution in [3.05, 3.63) is 47.8 Å². The summed E-state index contributed by atoms with van der Waals surface area (Å²) >= 11 is 0. The van der Waals surface area contributed by atoms with Crippen LogP contribution in [0.2, 0.25) is 0 Å². The fourth-order valence-electron chi connectivity index (χ4n) is 1.43. The normalized spacial score (nSPS) is 10.7. The molecule has 0 atom stereocenters. The van der Waals surface area contributed by atoms with Crippen molar-refractivity contribution in [3.63, 3.8) is 0 Å². The quantitative estimate of drug-likeness (QED) is 0.774. The molecule has 0 radical (unpaired) electrons. The number of aromatic nitrogens is 3. The second-order valence-electron chi connectivity index (χ2n) is 3.59. The third-order valence-electron chi connectivity index (χ3n) is 2.24. The summed E-state index contributed by atoms with van der Waals surface area (Å²) in [4.78, 5) is 22.9. The molecule has 0 saturated heterocycles. The third-order valence-corrected chi connectivity index (χ3v) is 2.24. The zero-order chi connectivity index (χ0) is 13.8. The van der Waals surface area contributed by atoms with Gasteiger partial charge in [-0.05, 0) is 18.2 Å². The van der Waals surface area contributed by atoms with Crippen LogP contribution >= 0.6 is 0 Å². The maximum Gasteiger partial charge on any atom is 0.328 e. The van der Waals surface area contributed by atoms with Crippen molar-refractivity contribution < 1.29 is 14.7 Å². The first-order valence-electron chi connectivity index (χ1n) is 5.31. The number of para-hydroxylation sites is 1. The largest absolute Gasteiger partial charge is 0.478 e. The van der Waals surface area contributed by atoms with Gasteiger partial charge in [0.15, 0.2) is 5.69 Å². The predicted octanol–water partition coefficient (Wildman–Crippen LogP) is 0.464. The number of nitrogens with two attached hydrogens (primary N) is 1. The highest BCUT2D eigenvalue weighted by Crippen LogP contribution is 2.09. The van der Waals surface area contributed by atoms with Crippen LogP contribution in [0, 0.1) is 0 Å². The monoisotopic (exact) mass is 258 g/mol. The molecular weight excluding hydrogens is 248 g/mol. The lowest BCUT2D eigenvalue weighted by Crippen LogP contribution is -2.13. The van der Waals surface area contributed by atoms with E-state index in [1.54, 1.807) is 24.3 Å². The molecule has 1 aromatic carbocycles. The summed E-state index contributed by atoms with van der Waals surface area (Å²) in [6.45, 7) is 0. The van der Waals surface area contributed by atoms with Crippen molar-refractivity contribution in [1.82, 2.24) is 15.0 Å². The molecule has 2 aromatic rings. The van der Waals surface area contributed by atoms with E-state index < -0.39 is 11.9 Å². The van der Waals surface area contributed by atoms with Crippen LogP contribution in [0.3, 0.4) is 0 Å². The van der Waals surface area contributed by atoms with Gasteiger partial charge < -0.3 is 10.8 Å². The van der Waals surface area contributed by atoms with Crippen molar-refractivity contribution in [2.75, 3.05) is 0 Å². The molecule has 1 heterocycles. The fraction of sp³-hybridized carbons (Fsp3) is 0. The Balaban J connectivity index is 2.47. The number of nitrogens with zero attached hydrogens (tertiary/aromatic N) is 3. The number of primary amides is 1. The van der Waals surface area contributed by atoms with Crippen LogP contribution < -0.4 is 5.73 Å². The second kappa shape index (κ2) is 5.13. The summed E-state index contributed by atoms with van der Waals surface area (Å²) in [5, 5.41) is 16.5. The topological polar surface area (TPSA) is 111 Å². The molecule has 0 saturated carbocycles. The number of hydrogen-bond donors (Lipinski definition) is 2. The number of amides is 1. The minimum Gasteiger partial charge on any atom is -0.478 e. The van der Waals surface area contributed by atoms with E-state index in [2.05, 4.69) is 10.2 Å². The number of rotatable bonds is 4. The van der Waals surface area contributed by atoms with E-state index in [4.69, 9.17) is 10.8 Å². The van der Waals surface area contributed by atoms with Gasteiger partial charge >= 0.3 is 5.97 Å². The SMILES string of the molecule is NC(=O)c1nn(-c2ccccc2)nc1/C=C/C(=O)O. The molecule has 0 aliphatic rings. The zero-order valence-corrected chi connectivity index (χ0v) is 9.72. The first-order chi connectivity index (χ1) is 9.08. The Morgan fingerprint density at radius 1 is 1.21 bits per heavy atom. The molecule has 0 aliphatic heterocycles. The van der Waals surface area contributed by atoms with Gasteiger partial charge in [-0.15, -0.1) is 10.2 Å². The smallest absolute Gasteiger partial charge is 0.328 e. The highest BCUT2D eigenvalue weighted by Gasteiger charge is 2.14. The van der Waals surface area contributed by atoms with Crippen LogP contribution in [0.5, 0.6) is 0 Å². The fourth-order valence-corrected chi connectivity index (χ4v) is 1.43. The lowest BCUT2D eigenvalue weighted by Gasteiger charge is -1.96. The number of carboxylic acid groups (broad SMARTS) is 1. The Hall–Kier alpha value is -2.96. The molecule has 0 unspecified atom stereocenters. The molecule has 0 bridgehead atoms. The van der Waals surface area contributed by atoms with Crippen LogP contribution in [0.1, 0.15) is 16.2 Å². The Morgan fingerprint density at radius 3 is 2.47 bits per heavy atom. The van der Waals surface area contributed by atoms with E-state index in [1.165, 1.54) is 10.9 Å². The van der Waals surface area contributed by atoms with Crippen LogP contribution in [0.15, 0.2) is 36.4 Å². The lowest BCUT2D eigenvalue weighted by molar-refractivity contribution is -0.131. The zero-order valence-electron chi connectivity index (χ0n) is 9.72. The van der Waals surface area contributed by atoms with Crippen LogP contribution in [0.4, 0.5) is 0 Å². The highest BCUT2D eigenvalue weighted by atomic mass is 16.4. The van der Waals surface area contributed by atoms with Crippen LogP contribution in [0.25, 0.3) is 11.8 Å². The van der Waals surface area contributed by atoms with Crippen molar-refractivity contribution in [1.29, 1.82) is 0 Å². The maximum absolute atomic E-state index is 11.2. The minimum atomic E-state index is -1.15. The first kappa shape index (κ1) is 12.5. The second-order valence-corrected chi connectivity index (χ2v) is 3.59. The van der Waals surface area contributed by atoms with E-state index in [-0.39, 0.29) is 11.4 Å². The molecule has 7 heteroatoms. The number of carbonyl (C=O) groups excluding carboxylic acids is 1. The van der Waals surface area contributed by atoms with E-state index in [9.17, 15) is 9.59 Å². The standard InChI is InChI=1S/C12H10N4O3/c13-12(19)11-9(6-7-10(17)18)14-16(15-11)8-4-2-1-3-5-8/h1-7H,(H2,13,19)(H,17,18)/b7-6+. The molecule has 1 aromatic heterocycles. The number of aliphatic carboxylic acids is 1. The van der Waals surface area contributed by atoms with Crippen molar-refractivity contribution >= 4 is 18.0 Å². The first-order valence-corrected chi connectivity index (χ1v) is 5.31. The lowest BCUT2D eigenvalue weighted by atomic mass is 10.3. The van der Waals surface area contributed by atoms with Crippen molar-refractivity contribution in [2.24, 2.45) is 5.73 Å². The van der Waals surface area contributed by atoms with Gasteiger partial charge in [0.2, 0.25) is 0 Å². The molecule has 19 heavy (non-hydrogen) atoms. The van der Waals surface area contributed by atoms with Gasteiger partial charge in [-0.2, -0.15) is 4.80 Å². The molecular formula is C12H10N4O3. The van der Waals surface area contributed by atoms with Gasteiger partial charge in [0.1, 0.15) is 5.69 Å². The summed E-state index contributed by atoms with van der Waals surface area (Å²) in [7, 11) is 0. The van der Waals surface area contributed by atoms with E-state index in [0.29, 0.717) is 5.69 Å². The third kappa shape index (κ3) is 2.83. The van der Waals surface area contributed by atoms with Crippen LogP contribution in [-0.4, -0.2) is 32.0 Å². The Morgan fingerprint density at radius 2 is 1.89 bits per heavy atom. The predicted molar refractivity (Wildman–Crippen MR) is 66.5 cm³/mol. The maximum atomic E-state index is 11.2. The van der Waals surface area contributed by atoms with E-state index in [1.807, 2.05) is 6.07 Å². The van der Waals surface area contributed by atoms with Crippen LogP contribution in [-0.2, 0) is 4.79 Å². The average Bonchev–Trinajstić information content (AvgIpc) is 2.81. The Labute approximate surface area is 108 Å². The van der Waals surface area contributed by atoms with E-state index >= 15 is 0 Å². The molecule has 3 N–H and O–H groups in total. The minimum absolute atomic E-state index is 0.0821. The van der Waals surface area contributed by atoms with Crippen molar-refractivity contribution in [3.8, 4) is 5.69 Å². The Kier molecular flexibility index (Phi) is 3.37. The summed E-state index contributed by atoms with van der Waals surface area (Å²) in [6.07, 6.45) is 2.04. The van der Waals surface area contributed by atoms with Gasteiger partial charge in [-0.3, -0.25) is 4.79 Å². The summed E-state index contributed by atoms with van der Waals surface area (Å²) in [5.41, 5.74) is 5.84. The van der Waals surface area contributed by atoms with Gasteiger partial charge in [0.05, 0.1) is 5.69 Å². The Bertz CT molecular complexity index is 646. The summed E-state index contributed by atoms with van der Waals surface area (Å²) in [6, 6.07) is 8.89. The van der Waals surface area contributed by atoms with Gasteiger partial charge in [0, 0.05) is 6.08 Å². The highest BCUT2D eigenvalue weighted by molar-refractivity contribution is 5.95. The molecule has 1 amide bonds. The number of hydrogen-bond acceptors (Lipinski definition) is 4. The molecule has 7 nitrogen and oxygen atoms in total. The summed E-state index contributed by atoms with van der Waals surface area (Å²) < 4.78 is 0. The van der Waals surface area contributed by atoms with E-state index in [0.717, 1.165) is 6.08 Å². The molecule has 96 valence electrons. The number of benzene rings is 1. The molecule has 0 spiro atoms. The average molecular weight is 258 g/mol. The van der Waals surface area contributed by atoms with Crippen molar-refractivity contribution in [2.45, 2.75) is 0 Å². The molecule has 2 rings (SSSR count). The van der Waals surface area contributed by atoms with Gasteiger partial charge in [-0.1, -0.05) is 18.2 Å². The van der Waals surface area contributed by atoms with Gasteiger partial charge in [-0.25, -0.2) is 4.79 Å². The molecule has 0 aliphatic carbocycles. The number of carbonyl (C=O) groups is 2. The van der Waals surface area contributed by atoms with Gasteiger partial charge in [0.25, 0.3) is 5.91 Å². The summed E-state index contributed by atoms with van der Waals surface area (Å²) in [5.74, 6) is -1.92. The molecule has 0 fully saturated rings.